The Labute approximate surface area is 119 Å². The van der Waals surface area contributed by atoms with E-state index in [-0.39, 0.29) is 11.9 Å². The lowest BCUT2D eigenvalue weighted by Gasteiger charge is -2.25. The number of para-hydroxylation sites is 1. The van der Waals surface area contributed by atoms with Crippen LogP contribution in [0.3, 0.4) is 0 Å². The smallest absolute Gasteiger partial charge is 0.241 e. The van der Waals surface area contributed by atoms with E-state index in [1.807, 2.05) is 43.3 Å². The van der Waals surface area contributed by atoms with Crippen LogP contribution in [0.2, 0.25) is 0 Å². The van der Waals surface area contributed by atoms with Crippen LogP contribution in [0, 0.1) is 6.92 Å². The third kappa shape index (κ3) is 2.58. The molecule has 3 nitrogen and oxygen atoms in total. The topological polar surface area (TPSA) is 41.1 Å². The second-order valence-corrected chi connectivity index (χ2v) is 5.21. The van der Waals surface area contributed by atoms with Gasteiger partial charge in [0.1, 0.15) is 0 Å². The van der Waals surface area contributed by atoms with Crippen LogP contribution in [0.4, 0.5) is 5.69 Å². The number of carbonyl (C=O) groups is 1. The Bertz CT molecular complexity index is 636. The number of benzene rings is 2. The normalized spacial score (nSPS) is 17.4. The number of rotatable bonds is 2. The van der Waals surface area contributed by atoms with Gasteiger partial charge in [0.25, 0.3) is 0 Å². The molecule has 0 unspecified atom stereocenters. The average molecular weight is 266 g/mol. The molecule has 3 rings (SSSR count). The van der Waals surface area contributed by atoms with Crippen molar-refractivity contribution >= 4 is 11.6 Å². The van der Waals surface area contributed by atoms with Crippen LogP contribution in [0.15, 0.2) is 48.5 Å². The van der Waals surface area contributed by atoms with Crippen molar-refractivity contribution in [3.63, 3.8) is 0 Å². The van der Waals surface area contributed by atoms with Crippen LogP contribution in [0.25, 0.3) is 0 Å². The predicted molar refractivity (Wildman–Crippen MR) is 80.6 cm³/mol. The molecule has 3 heteroatoms. The van der Waals surface area contributed by atoms with Crippen LogP contribution >= 0.6 is 0 Å². The maximum atomic E-state index is 12.4. The fourth-order valence-electron chi connectivity index (χ4n) is 2.57. The number of carbonyl (C=O) groups excluding carboxylic acids is 1. The van der Waals surface area contributed by atoms with Crippen LogP contribution in [0.1, 0.15) is 16.7 Å². The molecule has 2 aromatic carbocycles. The summed E-state index contributed by atoms with van der Waals surface area (Å²) < 4.78 is 0. The Morgan fingerprint density at radius 3 is 2.60 bits per heavy atom. The first-order chi connectivity index (χ1) is 9.74. The SMILES string of the molecule is Cc1ccccc1NC(=O)[C@@H]1Cc2ccccc2CN1. The molecule has 1 aliphatic heterocycles. The summed E-state index contributed by atoms with van der Waals surface area (Å²) >= 11 is 0. The van der Waals surface area contributed by atoms with Crippen molar-refractivity contribution < 1.29 is 4.79 Å². The highest BCUT2D eigenvalue weighted by Gasteiger charge is 2.23. The molecule has 0 saturated heterocycles. The molecule has 0 aromatic heterocycles. The van der Waals surface area contributed by atoms with Gasteiger partial charge in [-0.15, -0.1) is 0 Å². The van der Waals surface area contributed by atoms with Crippen molar-refractivity contribution in [1.29, 1.82) is 0 Å². The summed E-state index contributed by atoms with van der Waals surface area (Å²) in [5.41, 5.74) is 4.51. The van der Waals surface area contributed by atoms with E-state index in [1.165, 1.54) is 11.1 Å². The van der Waals surface area contributed by atoms with Crippen molar-refractivity contribution in [2.24, 2.45) is 0 Å². The number of aryl methyl sites for hydroxylation is 1. The summed E-state index contributed by atoms with van der Waals surface area (Å²) in [6.07, 6.45) is 0.744. The molecular formula is C17H18N2O. The van der Waals surface area contributed by atoms with E-state index in [1.54, 1.807) is 0 Å². The first-order valence-electron chi connectivity index (χ1n) is 6.91. The maximum Gasteiger partial charge on any atom is 0.241 e. The van der Waals surface area contributed by atoms with Gasteiger partial charge in [0.05, 0.1) is 6.04 Å². The summed E-state index contributed by atoms with van der Waals surface area (Å²) in [6.45, 7) is 2.75. The Kier molecular flexibility index (Phi) is 3.52. The molecule has 2 N–H and O–H groups in total. The van der Waals surface area contributed by atoms with E-state index in [9.17, 15) is 4.79 Å². The minimum Gasteiger partial charge on any atom is -0.324 e. The van der Waals surface area contributed by atoms with E-state index in [2.05, 4.69) is 22.8 Å². The van der Waals surface area contributed by atoms with E-state index in [0.29, 0.717) is 0 Å². The van der Waals surface area contributed by atoms with Gasteiger partial charge in [-0.3, -0.25) is 4.79 Å². The van der Waals surface area contributed by atoms with Gasteiger partial charge in [0.15, 0.2) is 0 Å². The number of amides is 1. The molecule has 0 saturated carbocycles. The monoisotopic (exact) mass is 266 g/mol. The molecule has 20 heavy (non-hydrogen) atoms. The third-order valence-electron chi connectivity index (χ3n) is 3.80. The molecule has 1 amide bonds. The van der Waals surface area contributed by atoms with Crippen molar-refractivity contribution in [2.75, 3.05) is 5.32 Å². The van der Waals surface area contributed by atoms with Gasteiger partial charge in [-0.05, 0) is 36.1 Å². The number of hydrogen-bond donors (Lipinski definition) is 2. The molecule has 0 aliphatic carbocycles. The van der Waals surface area contributed by atoms with Crippen molar-refractivity contribution in [1.82, 2.24) is 5.32 Å². The second kappa shape index (κ2) is 5.47. The van der Waals surface area contributed by atoms with Crippen molar-refractivity contribution in [3.8, 4) is 0 Å². The minimum absolute atomic E-state index is 0.0359. The Balaban J connectivity index is 1.72. The molecule has 102 valence electrons. The highest BCUT2D eigenvalue weighted by Crippen LogP contribution is 2.18. The summed E-state index contributed by atoms with van der Waals surface area (Å²) in [4.78, 5) is 12.4. The lowest BCUT2D eigenvalue weighted by molar-refractivity contribution is -0.118. The van der Waals surface area contributed by atoms with Crippen LogP contribution in [0.5, 0.6) is 0 Å². The number of hydrogen-bond acceptors (Lipinski definition) is 2. The molecule has 0 fully saturated rings. The summed E-state index contributed by atoms with van der Waals surface area (Å²) in [5.74, 6) is 0.0359. The zero-order valence-electron chi connectivity index (χ0n) is 11.5. The molecular weight excluding hydrogens is 248 g/mol. The first kappa shape index (κ1) is 12.9. The molecule has 1 aliphatic rings. The van der Waals surface area contributed by atoms with Crippen LogP contribution in [-0.4, -0.2) is 11.9 Å². The summed E-state index contributed by atoms with van der Waals surface area (Å²) in [7, 11) is 0. The largest absolute Gasteiger partial charge is 0.324 e. The fourth-order valence-corrected chi connectivity index (χ4v) is 2.57. The summed E-state index contributed by atoms with van der Waals surface area (Å²) in [6, 6.07) is 16.0. The molecule has 0 bridgehead atoms. The predicted octanol–water partition coefficient (Wildman–Crippen LogP) is 2.65. The van der Waals surface area contributed by atoms with E-state index < -0.39 is 0 Å². The van der Waals surface area contributed by atoms with Gasteiger partial charge in [-0.25, -0.2) is 0 Å². The Hall–Kier alpha value is -2.13. The maximum absolute atomic E-state index is 12.4. The van der Waals surface area contributed by atoms with Crippen molar-refractivity contribution in [3.05, 3.63) is 65.2 Å². The van der Waals surface area contributed by atoms with Gasteiger partial charge in [0, 0.05) is 12.2 Å². The zero-order chi connectivity index (χ0) is 13.9. The fraction of sp³-hybridized carbons (Fsp3) is 0.235. The molecule has 1 atom stereocenters. The van der Waals surface area contributed by atoms with Crippen LogP contribution < -0.4 is 10.6 Å². The van der Waals surface area contributed by atoms with Gasteiger partial charge in [0.2, 0.25) is 5.91 Å². The lowest BCUT2D eigenvalue weighted by atomic mass is 9.95. The quantitative estimate of drug-likeness (QED) is 0.877. The Morgan fingerprint density at radius 2 is 1.80 bits per heavy atom. The van der Waals surface area contributed by atoms with E-state index >= 15 is 0 Å². The molecule has 2 aromatic rings. The molecule has 1 heterocycles. The number of anilines is 1. The standard InChI is InChI=1S/C17H18N2O/c1-12-6-2-5-9-15(12)19-17(20)16-10-13-7-3-4-8-14(13)11-18-16/h2-9,16,18H,10-11H2,1H3,(H,19,20)/t16-/m0/s1. The van der Waals surface area contributed by atoms with E-state index in [4.69, 9.17) is 0 Å². The van der Waals surface area contributed by atoms with Crippen LogP contribution in [-0.2, 0) is 17.8 Å². The zero-order valence-corrected chi connectivity index (χ0v) is 11.5. The van der Waals surface area contributed by atoms with Gasteiger partial charge >= 0.3 is 0 Å². The van der Waals surface area contributed by atoms with Gasteiger partial charge in [-0.2, -0.15) is 0 Å². The molecule has 0 spiro atoms. The highest BCUT2D eigenvalue weighted by molar-refractivity contribution is 5.95. The summed E-state index contributed by atoms with van der Waals surface area (Å²) in [5, 5.41) is 6.31. The Morgan fingerprint density at radius 1 is 1.10 bits per heavy atom. The number of nitrogens with one attached hydrogen (secondary N) is 2. The average Bonchev–Trinajstić information content (AvgIpc) is 2.49. The highest BCUT2D eigenvalue weighted by atomic mass is 16.2. The van der Waals surface area contributed by atoms with Gasteiger partial charge in [-0.1, -0.05) is 42.5 Å². The van der Waals surface area contributed by atoms with Crippen molar-refractivity contribution in [2.45, 2.75) is 25.9 Å². The minimum atomic E-state index is -0.162. The van der Waals surface area contributed by atoms with E-state index in [0.717, 1.165) is 24.2 Å². The number of fused-ring (bicyclic) bond motifs is 1. The third-order valence-corrected chi connectivity index (χ3v) is 3.80. The molecule has 0 radical (unpaired) electrons. The second-order valence-electron chi connectivity index (χ2n) is 5.21. The van der Waals surface area contributed by atoms with Gasteiger partial charge < -0.3 is 10.6 Å². The first-order valence-corrected chi connectivity index (χ1v) is 6.91. The lowest BCUT2D eigenvalue weighted by Crippen LogP contribution is -2.44.